The Bertz CT molecular complexity index is 1250. The quantitative estimate of drug-likeness (QED) is 0.524. The van der Waals surface area contributed by atoms with Gasteiger partial charge in [0.2, 0.25) is 5.91 Å². The molecule has 1 unspecified atom stereocenters. The van der Waals surface area contributed by atoms with Crippen LogP contribution in [0.5, 0.6) is 5.75 Å². The van der Waals surface area contributed by atoms with Crippen LogP contribution in [0.2, 0.25) is 0 Å². The van der Waals surface area contributed by atoms with E-state index >= 15 is 0 Å². The average molecular weight is 403 g/mol. The molecule has 29 heavy (non-hydrogen) atoms. The maximum Gasteiger partial charge on any atom is 0.262 e. The molecule has 1 aliphatic rings. The minimum atomic E-state index is -0.271. The highest BCUT2D eigenvalue weighted by Gasteiger charge is 2.33. The Morgan fingerprint density at radius 3 is 2.76 bits per heavy atom. The number of thiophene rings is 1. The van der Waals surface area contributed by atoms with E-state index in [9.17, 15) is 9.59 Å². The van der Waals surface area contributed by atoms with Crippen LogP contribution >= 0.6 is 11.3 Å². The van der Waals surface area contributed by atoms with Crippen LogP contribution in [0.3, 0.4) is 0 Å². The van der Waals surface area contributed by atoms with Crippen LogP contribution in [0.25, 0.3) is 10.2 Å². The molecule has 144 valence electrons. The van der Waals surface area contributed by atoms with Gasteiger partial charge >= 0.3 is 0 Å². The lowest BCUT2D eigenvalue weighted by atomic mass is 10.0. The van der Waals surface area contributed by atoms with Crippen LogP contribution in [0, 0.1) is 0 Å². The van der Waals surface area contributed by atoms with Gasteiger partial charge in [-0.15, -0.1) is 11.3 Å². The minimum absolute atomic E-state index is 0.0880. The van der Waals surface area contributed by atoms with Crippen molar-refractivity contribution in [1.82, 2.24) is 9.55 Å². The highest BCUT2D eigenvalue weighted by atomic mass is 32.1. The molecule has 0 bridgehead atoms. The van der Waals surface area contributed by atoms with Crippen molar-refractivity contribution < 1.29 is 9.53 Å². The van der Waals surface area contributed by atoms with E-state index in [2.05, 4.69) is 4.98 Å². The van der Waals surface area contributed by atoms with Crippen LogP contribution in [-0.2, 0) is 11.3 Å². The van der Waals surface area contributed by atoms with Crippen LogP contribution in [0.15, 0.2) is 77.2 Å². The molecule has 1 atom stereocenters. The second-order valence-electron chi connectivity index (χ2n) is 6.79. The summed E-state index contributed by atoms with van der Waals surface area (Å²) >= 11 is 1.41. The van der Waals surface area contributed by atoms with E-state index in [0.29, 0.717) is 28.3 Å². The van der Waals surface area contributed by atoms with E-state index in [0.717, 1.165) is 5.56 Å². The normalized spacial score (nSPS) is 15.7. The Labute approximate surface area is 170 Å². The smallest absolute Gasteiger partial charge is 0.262 e. The molecule has 0 aliphatic carbocycles. The van der Waals surface area contributed by atoms with Crippen molar-refractivity contribution in [3.8, 4) is 5.75 Å². The molecule has 1 amide bonds. The monoisotopic (exact) mass is 403 g/mol. The van der Waals surface area contributed by atoms with Crippen molar-refractivity contribution in [2.24, 2.45) is 0 Å². The maximum absolute atomic E-state index is 13.4. The van der Waals surface area contributed by atoms with Gasteiger partial charge in [0.1, 0.15) is 23.7 Å². The number of rotatable bonds is 3. The van der Waals surface area contributed by atoms with Gasteiger partial charge in [0, 0.05) is 0 Å². The number of para-hydroxylation sites is 2. The molecule has 0 spiro atoms. The summed E-state index contributed by atoms with van der Waals surface area (Å²) in [4.78, 5) is 32.9. The highest BCUT2D eigenvalue weighted by Crippen LogP contribution is 2.39. The Morgan fingerprint density at radius 1 is 1.10 bits per heavy atom. The lowest BCUT2D eigenvalue weighted by Gasteiger charge is -2.37. The lowest BCUT2D eigenvalue weighted by Crippen LogP contribution is -2.43. The highest BCUT2D eigenvalue weighted by molar-refractivity contribution is 7.16. The molecular weight excluding hydrogens is 386 g/mol. The van der Waals surface area contributed by atoms with Gasteiger partial charge in [0.05, 0.1) is 23.4 Å². The molecule has 5 rings (SSSR count). The number of fused-ring (bicyclic) bond motifs is 2. The van der Waals surface area contributed by atoms with Gasteiger partial charge in [0.25, 0.3) is 5.56 Å². The molecule has 3 heterocycles. The number of benzene rings is 2. The molecule has 0 fully saturated rings. The molecule has 0 saturated carbocycles. The predicted octanol–water partition coefficient (Wildman–Crippen LogP) is 3.62. The van der Waals surface area contributed by atoms with Gasteiger partial charge < -0.3 is 4.74 Å². The zero-order valence-corrected chi connectivity index (χ0v) is 16.2. The first-order chi connectivity index (χ1) is 14.2. The topological polar surface area (TPSA) is 64.4 Å². The van der Waals surface area contributed by atoms with Crippen molar-refractivity contribution in [3.05, 3.63) is 88.3 Å². The zero-order valence-electron chi connectivity index (χ0n) is 15.4. The molecule has 0 saturated heterocycles. The van der Waals surface area contributed by atoms with E-state index < -0.39 is 0 Å². The van der Waals surface area contributed by atoms with Crippen LogP contribution in [-0.4, -0.2) is 22.1 Å². The van der Waals surface area contributed by atoms with Gasteiger partial charge in [-0.2, -0.15) is 0 Å². The van der Waals surface area contributed by atoms with Crippen molar-refractivity contribution >= 4 is 33.1 Å². The molecule has 0 N–H and O–H groups in total. The van der Waals surface area contributed by atoms with E-state index in [1.165, 1.54) is 22.2 Å². The number of hydrogen-bond acceptors (Lipinski definition) is 5. The molecule has 0 radical (unpaired) electrons. The second-order valence-corrected chi connectivity index (χ2v) is 7.68. The molecule has 6 nitrogen and oxygen atoms in total. The third-order valence-electron chi connectivity index (χ3n) is 5.04. The number of carbonyl (C=O) groups is 1. The second kappa shape index (κ2) is 7.18. The summed E-state index contributed by atoms with van der Waals surface area (Å²) < 4.78 is 7.29. The van der Waals surface area contributed by atoms with E-state index in [4.69, 9.17) is 4.74 Å². The van der Waals surface area contributed by atoms with Crippen LogP contribution in [0.4, 0.5) is 5.69 Å². The first kappa shape index (κ1) is 17.6. The fourth-order valence-corrected chi connectivity index (χ4v) is 4.37. The SMILES string of the molecule is O=C(Cn1cnc2sccc2c1=O)N1c2ccccc2OCC1c1ccccc1. The number of nitrogens with zero attached hydrogens (tertiary/aromatic N) is 3. The molecule has 2 aromatic carbocycles. The summed E-state index contributed by atoms with van der Waals surface area (Å²) in [5.74, 6) is 0.472. The first-order valence-electron chi connectivity index (χ1n) is 9.24. The van der Waals surface area contributed by atoms with Gasteiger partial charge in [-0.25, -0.2) is 4.98 Å². The van der Waals surface area contributed by atoms with Crippen molar-refractivity contribution in [2.75, 3.05) is 11.5 Å². The molecule has 1 aliphatic heterocycles. The lowest BCUT2D eigenvalue weighted by molar-refractivity contribution is -0.120. The standard InChI is InChI=1S/C22H17N3O3S/c26-20(12-24-14-23-21-16(22(24)27)10-11-29-21)25-17-8-4-5-9-19(17)28-13-18(25)15-6-2-1-3-7-15/h1-11,14,18H,12-13H2. The van der Waals surface area contributed by atoms with Gasteiger partial charge in [-0.05, 0) is 29.1 Å². The van der Waals surface area contributed by atoms with Gasteiger partial charge in [0.15, 0.2) is 0 Å². The van der Waals surface area contributed by atoms with Crippen molar-refractivity contribution in [3.63, 3.8) is 0 Å². The Morgan fingerprint density at radius 2 is 1.90 bits per heavy atom. The Hall–Kier alpha value is -3.45. The summed E-state index contributed by atoms with van der Waals surface area (Å²) in [5.41, 5.74) is 1.48. The number of hydrogen-bond donors (Lipinski definition) is 0. The summed E-state index contributed by atoms with van der Waals surface area (Å²) in [5, 5.41) is 2.36. The average Bonchev–Trinajstić information content (AvgIpc) is 3.25. The number of amides is 1. The van der Waals surface area contributed by atoms with E-state index in [1.807, 2.05) is 60.0 Å². The molecule has 7 heteroatoms. The van der Waals surface area contributed by atoms with E-state index in [-0.39, 0.29) is 24.1 Å². The van der Waals surface area contributed by atoms with Crippen LogP contribution < -0.4 is 15.2 Å². The van der Waals surface area contributed by atoms with Crippen molar-refractivity contribution in [1.29, 1.82) is 0 Å². The molecule has 4 aromatic rings. The summed E-state index contributed by atoms with van der Waals surface area (Å²) in [7, 11) is 0. The van der Waals surface area contributed by atoms with Gasteiger partial charge in [-0.3, -0.25) is 19.1 Å². The van der Waals surface area contributed by atoms with E-state index in [1.54, 1.807) is 11.0 Å². The minimum Gasteiger partial charge on any atom is -0.489 e. The number of ether oxygens (including phenoxy) is 1. The summed E-state index contributed by atoms with van der Waals surface area (Å²) in [6.07, 6.45) is 1.45. The predicted molar refractivity (Wildman–Crippen MR) is 112 cm³/mol. The van der Waals surface area contributed by atoms with Crippen LogP contribution in [0.1, 0.15) is 11.6 Å². The zero-order chi connectivity index (χ0) is 19.8. The summed E-state index contributed by atoms with van der Waals surface area (Å²) in [6, 6.07) is 18.7. The summed E-state index contributed by atoms with van der Waals surface area (Å²) in [6.45, 7) is 0.263. The first-order valence-corrected chi connectivity index (χ1v) is 10.1. The van der Waals surface area contributed by atoms with Gasteiger partial charge in [-0.1, -0.05) is 42.5 Å². The molecule has 2 aromatic heterocycles. The Kier molecular flexibility index (Phi) is 4.37. The number of aromatic nitrogens is 2. The molecular formula is C22H17N3O3S. The number of carbonyl (C=O) groups excluding carboxylic acids is 1. The Balaban J connectivity index is 1.55. The van der Waals surface area contributed by atoms with Crippen molar-refractivity contribution in [2.45, 2.75) is 12.6 Å². The third kappa shape index (κ3) is 3.09. The largest absolute Gasteiger partial charge is 0.489 e. The fraction of sp³-hybridized carbons (Fsp3) is 0.136. The fourth-order valence-electron chi connectivity index (χ4n) is 3.65. The maximum atomic E-state index is 13.4. The number of anilines is 1. The third-order valence-corrected chi connectivity index (χ3v) is 5.86.